The number of nitrogens with one attached hydrogen (secondary N) is 1. The molecule has 0 atom stereocenters. The Balaban J connectivity index is 2.33. The van der Waals surface area contributed by atoms with Crippen LogP contribution in [0.1, 0.15) is 21.5 Å². The number of halogens is 4. The molecule has 0 radical (unpaired) electrons. The van der Waals surface area contributed by atoms with Gasteiger partial charge in [0.25, 0.3) is 0 Å². The lowest BCUT2D eigenvalue weighted by Crippen LogP contribution is -2.09. The second-order valence-corrected chi connectivity index (χ2v) is 5.38. The number of hydrogen-bond donors (Lipinski definition) is 1. The zero-order chi connectivity index (χ0) is 16.7. The number of benzene rings is 2. The maximum Gasteiger partial charge on any atom is 0.198 e. The molecule has 0 fully saturated rings. The summed E-state index contributed by atoms with van der Waals surface area (Å²) >= 11 is 11.8. The van der Waals surface area contributed by atoms with E-state index in [0.717, 1.165) is 18.2 Å². The lowest BCUT2D eigenvalue weighted by Gasteiger charge is -2.08. The molecule has 0 amide bonds. The fourth-order valence-corrected chi connectivity index (χ4v) is 2.70. The van der Waals surface area contributed by atoms with Crippen molar-refractivity contribution in [3.8, 4) is 6.07 Å². The normalized spacial score (nSPS) is 10.7. The summed E-state index contributed by atoms with van der Waals surface area (Å²) in [5.41, 5.74) is -0.896. The van der Waals surface area contributed by atoms with Crippen LogP contribution in [-0.2, 0) is 0 Å². The minimum Gasteiger partial charge on any atom is -0.288 e. The second kappa shape index (κ2) is 5.61. The standard InChI is InChI=1S/C15H5Cl2F2N3O/c16-9-2-1-6(18)3-7(9)14(23)12-8(5-20)13-11(4-10(12)19)21-22-15(13)17/h1-4H,(H,21,22). The van der Waals surface area contributed by atoms with Crippen LogP contribution in [0.5, 0.6) is 0 Å². The van der Waals surface area contributed by atoms with Crippen molar-refractivity contribution in [2.24, 2.45) is 0 Å². The third-order valence-corrected chi connectivity index (χ3v) is 3.88. The lowest BCUT2D eigenvalue weighted by molar-refractivity contribution is 0.103. The van der Waals surface area contributed by atoms with E-state index in [1.807, 2.05) is 0 Å². The molecule has 0 unspecified atom stereocenters. The molecule has 0 spiro atoms. The average Bonchev–Trinajstić information content (AvgIpc) is 2.88. The molecule has 0 aliphatic rings. The second-order valence-electron chi connectivity index (χ2n) is 4.61. The van der Waals surface area contributed by atoms with Gasteiger partial charge in [0.15, 0.2) is 10.9 Å². The number of aromatic amines is 1. The van der Waals surface area contributed by atoms with Crippen molar-refractivity contribution in [2.75, 3.05) is 0 Å². The highest BCUT2D eigenvalue weighted by Crippen LogP contribution is 2.31. The Morgan fingerprint density at radius 2 is 2.00 bits per heavy atom. The minimum absolute atomic E-state index is 0.0573. The first-order chi connectivity index (χ1) is 10.9. The Labute approximate surface area is 138 Å². The summed E-state index contributed by atoms with van der Waals surface area (Å²) in [6, 6.07) is 5.87. The number of nitriles is 1. The van der Waals surface area contributed by atoms with Crippen molar-refractivity contribution in [1.82, 2.24) is 10.2 Å². The van der Waals surface area contributed by atoms with Crippen LogP contribution in [0.2, 0.25) is 10.2 Å². The van der Waals surface area contributed by atoms with Crippen LogP contribution < -0.4 is 0 Å². The highest BCUT2D eigenvalue weighted by Gasteiger charge is 2.25. The average molecular weight is 352 g/mol. The predicted octanol–water partition coefficient (Wildman–Crippen LogP) is 4.25. The Morgan fingerprint density at radius 3 is 2.70 bits per heavy atom. The molecule has 3 rings (SSSR count). The van der Waals surface area contributed by atoms with Gasteiger partial charge >= 0.3 is 0 Å². The summed E-state index contributed by atoms with van der Waals surface area (Å²) < 4.78 is 27.7. The molecule has 4 nitrogen and oxygen atoms in total. The zero-order valence-corrected chi connectivity index (χ0v) is 12.6. The number of rotatable bonds is 2. The number of carbonyl (C=O) groups is 1. The SMILES string of the molecule is N#Cc1c(C(=O)c2cc(F)ccc2Cl)c(F)cc2[nH]nc(Cl)c12. The van der Waals surface area contributed by atoms with Crippen LogP contribution in [-0.4, -0.2) is 16.0 Å². The van der Waals surface area contributed by atoms with Crippen LogP contribution in [0.4, 0.5) is 8.78 Å². The Bertz CT molecular complexity index is 1010. The molecule has 3 aromatic rings. The van der Waals surface area contributed by atoms with E-state index in [-0.39, 0.29) is 32.2 Å². The molecule has 1 N–H and O–H groups in total. The highest BCUT2D eigenvalue weighted by atomic mass is 35.5. The maximum absolute atomic E-state index is 14.3. The molecular weight excluding hydrogens is 347 g/mol. The van der Waals surface area contributed by atoms with Gasteiger partial charge in [0.1, 0.15) is 17.7 Å². The molecule has 0 saturated heterocycles. The predicted molar refractivity (Wildman–Crippen MR) is 80.6 cm³/mol. The lowest BCUT2D eigenvalue weighted by atomic mass is 9.96. The van der Waals surface area contributed by atoms with Crippen molar-refractivity contribution in [3.05, 3.63) is 62.8 Å². The molecule has 0 aliphatic carbocycles. The van der Waals surface area contributed by atoms with Crippen molar-refractivity contribution < 1.29 is 13.6 Å². The minimum atomic E-state index is -0.959. The van der Waals surface area contributed by atoms with E-state index in [9.17, 15) is 18.8 Å². The number of fused-ring (bicyclic) bond motifs is 1. The number of aromatic nitrogens is 2. The van der Waals surface area contributed by atoms with Gasteiger partial charge in [0, 0.05) is 11.6 Å². The number of ketones is 1. The van der Waals surface area contributed by atoms with E-state index in [1.165, 1.54) is 6.07 Å². The van der Waals surface area contributed by atoms with Gasteiger partial charge in [0.05, 0.1) is 27.1 Å². The van der Waals surface area contributed by atoms with Crippen molar-refractivity contribution >= 4 is 39.9 Å². The van der Waals surface area contributed by atoms with E-state index < -0.39 is 23.0 Å². The summed E-state index contributed by atoms with van der Waals surface area (Å²) in [6.45, 7) is 0. The summed E-state index contributed by atoms with van der Waals surface area (Å²) in [6.07, 6.45) is 0. The van der Waals surface area contributed by atoms with Crippen molar-refractivity contribution in [3.63, 3.8) is 0 Å². The topological polar surface area (TPSA) is 69.5 Å². The molecule has 23 heavy (non-hydrogen) atoms. The van der Waals surface area contributed by atoms with Gasteiger partial charge in [-0.3, -0.25) is 9.89 Å². The van der Waals surface area contributed by atoms with Gasteiger partial charge in [-0.2, -0.15) is 10.4 Å². The van der Waals surface area contributed by atoms with Gasteiger partial charge in [-0.25, -0.2) is 8.78 Å². The summed E-state index contributed by atoms with van der Waals surface area (Å²) in [5, 5.41) is 15.4. The highest BCUT2D eigenvalue weighted by molar-refractivity contribution is 6.36. The quantitative estimate of drug-likeness (QED) is 0.701. The number of hydrogen-bond acceptors (Lipinski definition) is 3. The fourth-order valence-electron chi connectivity index (χ4n) is 2.26. The van der Waals surface area contributed by atoms with E-state index in [2.05, 4.69) is 10.2 Å². The molecular formula is C15H5Cl2F2N3O. The van der Waals surface area contributed by atoms with Gasteiger partial charge < -0.3 is 0 Å². The molecule has 1 heterocycles. The maximum atomic E-state index is 14.3. The molecule has 8 heteroatoms. The number of carbonyl (C=O) groups excluding carboxylic acids is 1. The summed E-state index contributed by atoms with van der Waals surface area (Å²) in [7, 11) is 0. The molecule has 0 aliphatic heterocycles. The Kier molecular flexibility index (Phi) is 3.76. The number of nitrogens with zero attached hydrogens (tertiary/aromatic N) is 2. The van der Waals surface area contributed by atoms with E-state index in [4.69, 9.17) is 23.2 Å². The van der Waals surface area contributed by atoms with Crippen LogP contribution in [0.15, 0.2) is 24.3 Å². The Morgan fingerprint density at radius 1 is 1.26 bits per heavy atom. The molecule has 1 aromatic heterocycles. The molecule has 114 valence electrons. The van der Waals surface area contributed by atoms with E-state index >= 15 is 0 Å². The third kappa shape index (κ3) is 2.44. The van der Waals surface area contributed by atoms with Crippen molar-refractivity contribution in [1.29, 1.82) is 5.26 Å². The molecule has 0 saturated carbocycles. The van der Waals surface area contributed by atoms with Gasteiger partial charge in [-0.05, 0) is 18.2 Å². The van der Waals surface area contributed by atoms with E-state index in [0.29, 0.717) is 0 Å². The summed E-state index contributed by atoms with van der Waals surface area (Å²) in [4.78, 5) is 12.6. The summed E-state index contributed by atoms with van der Waals surface area (Å²) in [5.74, 6) is -2.58. The van der Waals surface area contributed by atoms with Crippen LogP contribution in [0, 0.1) is 23.0 Å². The van der Waals surface area contributed by atoms with Crippen LogP contribution in [0.3, 0.4) is 0 Å². The first kappa shape index (κ1) is 15.4. The molecule has 2 aromatic carbocycles. The molecule has 0 bridgehead atoms. The van der Waals surface area contributed by atoms with Gasteiger partial charge in [0.2, 0.25) is 0 Å². The number of H-pyrrole nitrogens is 1. The van der Waals surface area contributed by atoms with Gasteiger partial charge in [-0.15, -0.1) is 0 Å². The first-order valence-electron chi connectivity index (χ1n) is 6.20. The smallest absolute Gasteiger partial charge is 0.198 e. The van der Waals surface area contributed by atoms with E-state index in [1.54, 1.807) is 6.07 Å². The monoisotopic (exact) mass is 351 g/mol. The first-order valence-corrected chi connectivity index (χ1v) is 6.95. The largest absolute Gasteiger partial charge is 0.288 e. The fraction of sp³-hybridized carbons (Fsp3) is 0. The van der Waals surface area contributed by atoms with Crippen LogP contribution >= 0.6 is 23.2 Å². The zero-order valence-electron chi connectivity index (χ0n) is 11.1. The third-order valence-electron chi connectivity index (χ3n) is 3.27. The Hall–Kier alpha value is -2.49. The van der Waals surface area contributed by atoms with Crippen LogP contribution in [0.25, 0.3) is 10.9 Å². The van der Waals surface area contributed by atoms with Crippen molar-refractivity contribution in [2.45, 2.75) is 0 Å². The van der Waals surface area contributed by atoms with Gasteiger partial charge in [-0.1, -0.05) is 23.2 Å².